The van der Waals surface area contributed by atoms with Gasteiger partial charge in [0.05, 0.1) is 13.5 Å². The van der Waals surface area contributed by atoms with E-state index in [4.69, 9.17) is 4.74 Å². The van der Waals surface area contributed by atoms with Crippen LogP contribution in [0, 0.1) is 0 Å². The Morgan fingerprint density at radius 1 is 0.846 bits per heavy atom. The first-order valence-electron chi connectivity index (χ1n) is 8.67. The molecule has 3 heteroatoms. The van der Waals surface area contributed by atoms with Gasteiger partial charge in [0.25, 0.3) is 0 Å². The molecule has 0 aromatic heterocycles. The molecule has 1 amide bonds. The van der Waals surface area contributed by atoms with E-state index < -0.39 is 0 Å². The summed E-state index contributed by atoms with van der Waals surface area (Å²) < 4.78 is 5.33. The van der Waals surface area contributed by atoms with Gasteiger partial charge in [-0.3, -0.25) is 4.79 Å². The van der Waals surface area contributed by atoms with Gasteiger partial charge < -0.3 is 9.64 Å². The normalized spacial score (nSPS) is 10.4. The number of hydrogen-bond donors (Lipinski definition) is 0. The maximum atomic E-state index is 12.5. The van der Waals surface area contributed by atoms with Crippen molar-refractivity contribution in [2.45, 2.75) is 13.0 Å². The van der Waals surface area contributed by atoms with Crippen LogP contribution in [0.5, 0.6) is 5.75 Å². The second kappa shape index (κ2) is 8.34. The van der Waals surface area contributed by atoms with Crippen molar-refractivity contribution in [3.63, 3.8) is 0 Å². The van der Waals surface area contributed by atoms with E-state index in [1.807, 2.05) is 49.5 Å². The lowest BCUT2D eigenvalue weighted by molar-refractivity contribution is -0.129. The van der Waals surface area contributed by atoms with Gasteiger partial charge in [0.1, 0.15) is 5.75 Å². The van der Waals surface area contributed by atoms with Crippen molar-refractivity contribution < 1.29 is 9.53 Å². The van der Waals surface area contributed by atoms with Crippen LogP contribution in [0.4, 0.5) is 0 Å². The van der Waals surface area contributed by atoms with Crippen molar-refractivity contribution in [2.24, 2.45) is 0 Å². The van der Waals surface area contributed by atoms with Crippen molar-refractivity contribution >= 4 is 5.91 Å². The molecule has 3 aromatic carbocycles. The van der Waals surface area contributed by atoms with Crippen molar-refractivity contribution in [2.75, 3.05) is 14.2 Å². The average Bonchev–Trinajstić information content (AvgIpc) is 2.69. The SMILES string of the molecule is COc1ccccc1CC(=O)N(C)Cc1ccc(-c2ccccc2)cc1. The smallest absolute Gasteiger partial charge is 0.227 e. The monoisotopic (exact) mass is 345 g/mol. The third-order valence-electron chi connectivity index (χ3n) is 4.44. The summed E-state index contributed by atoms with van der Waals surface area (Å²) in [6.07, 6.45) is 0.336. The van der Waals surface area contributed by atoms with Crippen LogP contribution >= 0.6 is 0 Å². The van der Waals surface area contributed by atoms with Crippen LogP contribution in [-0.4, -0.2) is 25.0 Å². The predicted octanol–water partition coefficient (Wildman–Crippen LogP) is 4.56. The van der Waals surface area contributed by atoms with Gasteiger partial charge in [-0.2, -0.15) is 0 Å². The van der Waals surface area contributed by atoms with Crippen molar-refractivity contribution in [1.82, 2.24) is 4.90 Å². The number of benzene rings is 3. The number of ether oxygens (including phenoxy) is 1. The lowest BCUT2D eigenvalue weighted by Gasteiger charge is -2.18. The molecule has 0 aliphatic heterocycles. The molecule has 3 aromatic rings. The molecule has 0 bridgehead atoms. The minimum absolute atomic E-state index is 0.0710. The number of methoxy groups -OCH3 is 1. The Morgan fingerprint density at radius 3 is 2.15 bits per heavy atom. The van der Waals surface area contributed by atoms with E-state index in [1.165, 1.54) is 11.1 Å². The Balaban J connectivity index is 1.64. The molecule has 0 aliphatic rings. The maximum absolute atomic E-state index is 12.5. The molecule has 3 nitrogen and oxygen atoms in total. The zero-order chi connectivity index (χ0) is 18.4. The standard InChI is InChI=1S/C23H23NO2/c1-24(23(25)16-21-10-6-7-11-22(21)26-2)17-18-12-14-20(15-13-18)19-8-4-3-5-9-19/h3-15H,16-17H2,1-2H3. The third-order valence-corrected chi connectivity index (χ3v) is 4.44. The van der Waals surface area contributed by atoms with Crippen LogP contribution in [0.2, 0.25) is 0 Å². The lowest BCUT2D eigenvalue weighted by Crippen LogP contribution is -2.27. The zero-order valence-electron chi connectivity index (χ0n) is 15.2. The lowest BCUT2D eigenvalue weighted by atomic mass is 10.0. The number of amides is 1. The van der Waals surface area contributed by atoms with Crippen LogP contribution in [0.25, 0.3) is 11.1 Å². The van der Waals surface area contributed by atoms with E-state index in [2.05, 4.69) is 36.4 Å². The van der Waals surface area contributed by atoms with Crippen molar-refractivity contribution in [3.05, 3.63) is 90.0 Å². The molecule has 0 fully saturated rings. The van der Waals surface area contributed by atoms with Gasteiger partial charge in [0.2, 0.25) is 5.91 Å². The fourth-order valence-electron chi connectivity index (χ4n) is 2.94. The van der Waals surface area contributed by atoms with Crippen LogP contribution < -0.4 is 4.74 Å². The van der Waals surface area contributed by atoms with Crippen molar-refractivity contribution in [1.29, 1.82) is 0 Å². The van der Waals surface area contributed by atoms with E-state index in [1.54, 1.807) is 12.0 Å². The second-order valence-electron chi connectivity index (χ2n) is 6.30. The fourth-order valence-corrected chi connectivity index (χ4v) is 2.94. The molecule has 0 unspecified atom stereocenters. The quantitative estimate of drug-likeness (QED) is 0.655. The van der Waals surface area contributed by atoms with Gasteiger partial charge in [-0.05, 0) is 22.8 Å². The molecule has 26 heavy (non-hydrogen) atoms. The molecule has 0 N–H and O–H groups in total. The first-order valence-corrected chi connectivity index (χ1v) is 8.67. The molecule has 0 aliphatic carbocycles. The van der Waals surface area contributed by atoms with E-state index in [0.29, 0.717) is 13.0 Å². The van der Waals surface area contributed by atoms with Gasteiger partial charge in [-0.1, -0.05) is 72.8 Å². The minimum Gasteiger partial charge on any atom is -0.496 e. The van der Waals surface area contributed by atoms with Gasteiger partial charge in [0.15, 0.2) is 0 Å². The largest absolute Gasteiger partial charge is 0.496 e. The minimum atomic E-state index is 0.0710. The summed E-state index contributed by atoms with van der Waals surface area (Å²) in [5.74, 6) is 0.822. The van der Waals surface area contributed by atoms with Crippen LogP contribution in [0.1, 0.15) is 11.1 Å². The molecule has 132 valence electrons. The van der Waals surface area contributed by atoms with E-state index >= 15 is 0 Å². The number of hydrogen-bond acceptors (Lipinski definition) is 2. The highest BCUT2D eigenvalue weighted by Gasteiger charge is 2.13. The number of likely N-dealkylation sites (N-methyl/N-ethyl adjacent to an activating group) is 1. The summed E-state index contributed by atoms with van der Waals surface area (Å²) in [6.45, 7) is 0.586. The van der Waals surface area contributed by atoms with E-state index in [-0.39, 0.29) is 5.91 Å². The fraction of sp³-hybridized carbons (Fsp3) is 0.174. The summed E-state index contributed by atoms with van der Waals surface area (Å²) in [7, 11) is 3.46. The van der Waals surface area contributed by atoms with Gasteiger partial charge in [-0.25, -0.2) is 0 Å². The maximum Gasteiger partial charge on any atom is 0.227 e. The Kier molecular flexibility index (Phi) is 5.69. The second-order valence-corrected chi connectivity index (χ2v) is 6.30. The van der Waals surface area contributed by atoms with E-state index in [9.17, 15) is 4.79 Å². The summed E-state index contributed by atoms with van der Waals surface area (Å²) in [5, 5.41) is 0. The average molecular weight is 345 g/mol. The predicted molar refractivity (Wildman–Crippen MR) is 105 cm³/mol. The Bertz CT molecular complexity index is 857. The van der Waals surface area contributed by atoms with Gasteiger partial charge >= 0.3 is 0 Å². The van der Waals surface area contributed by atoms with Crippen LogP contribution in [0.3, 0.4) is 0 Å². The van der Waals surface area contributed by atoms with Gasteiger partial charge in [0, 0.05) is 19.2 Å². The molecular weight excluding hydrogens is 322 g/mol. The molecule has 3 rings (SSSR count). The van der Waals surface area contributed by atoms with Crippen LogP contribution in [0.15, 0.2) is 78.9 Å². The molecule has 0 saturated carbocycles. The zero-order valence-corrected chi connectivity index (χ0v) is 15.2. The number of rotatable bonds is 6. The summed E-state index contributed by atoms with van der Waals surface area (Å²) in [4.78, 5) is 14.3. The van der Waals surface area contributed by atoms with E-state index in [0.717, 1.165) is 16.9 Å². The summed E-state index contributed by atoms with van der Waals surface area (Å²) in [6, 6.07) is 26.3. The van der Waals surface area contributed by atoms with Crippen LogP contribution in [-0.2, 0) is 17.8 Å². The first kappa shape index (κ1) is 17.7. The Morgan fingerprint density at radius 2 is 1.46 bits per heavy atom. The third kappa shape index (κ3) is 4.31. The Labute approximate surface area is 154 Å². The highest BCUT2D eigenvalue weighted by Crippen LogP contribution is 2.21. The number of carbonyl (C=O) groups is 1. The molecule has 0 spiro atoms. The highest BCUT2D eigenvalue weighted by molar-refractivity contribution is 5.79. The topological polar surface area (TPSA) is 29.5 Å². The highest BCUT2D eigenvalue weighted by atomic mass is 16.5. The molecular formula is C23H23NO2. The van der Waals surface area contributed by atoms with Crippen molar-refractivity contribution in [3.8, 4) is 16.9 Å². The first-order chi connectivity index (χ1) is 12.7. The van der Waals surface area contributed by atoms with Gasteiger partial charge in [-0.15, -0.1) is 0 Å². The molecule has 0 radical (unpaired) electrons. The molecule has 0 heterocycles. The molecule has 0 saturated heterocycles. The summed E-state index contributed by atoms with van der Waals surface area (Å²) in [5.41, 5.74) is 4.39. The molecule has 0 atom stereocenters. The Hall–Kier alpha value is -3.07. The summed E-state index contributed by atoms with van der Waals surface area (Å²) >= 11 is 0. The number of carbonyl (C=O) groups excluding carboxylic acids is 1. The number of para-hydroxylation sites is 1. The number of nitrogens with zero attached hydrogens (tertiary/aromatic N) is 1.